The molecule has 0 unspecified atom stereocenters. The molecule has 9 heteroatoms. The topological polar surface area (TPSA) is 40.5 Å². The molecule has 0 atom stereocenters. The molecule has 3 nitrogen and oxygen atoms in total. The zero-order valence-corrected chi connectivity index (χ0v) is 9.30. The van der Waals surface area contributed by atoms with E-state index in [9.17, 15) is 31.1 Å². The van der Waals surface area contributed by atoms with Crippen molar-refractivity contribution in [1.82, 2.24) is 0 Å². The molecule has 0 heterocycles. The Labute approximate surface area is 103 Å². The fourth-order valence-corrected chi connectivity index (χ4v) is 1.40. The van der Waals surface area contributed by atoms with Gasteiger partial charge in [0.2, 0.25) is 5.91 Å². The summed E-state index contributed by atoms with van der Waals surface area (Å²) in [4.78, 5) is 10.2. The van der Waals surface area contributed by atoms with Crippen LogP contribution in [0.5, 0.6) is 5.75 Å². The maximum Gasteiger partial charge on any atom is 0.491 e. The van der Waals surface area contributed by atoms with Gasteiger partial charge >= 0.3 is 12.5 Å². The van der Waals surface area contributed by atoms with E-state index in [4.69, 9.17) is 5.11 Å². The minimum Gasteiger partial charge on any atom is -0.507 e. The molecule has 0 saturated heterocycles. The summed E-state index contributed by atoms with van der Waals surface area (Å²) in [7, 11) is 0. The van der Waals surface area contributed by atoms with Crippen LogP contribution in [0.1, 0.15) is 12.5 Å². The van der Waals surface area contributed by atoms with Gasteiger partial charge < -0.3 is 5.11 Å². The highest BCUT2D eigenvalue weighted by molar-refractivity contribution is 5.92. The van der Waals surface area contributed by atoms with E-state index in [1.807, 2.05) is 0 Å². The van der Waals surface area contributed by atoms with Gasteiger partial charge in [0, 0.05) is 6.92 Å². The van der Waals surface area contributed by atoms with Crippen LogP contribution in [0.25, 0.3) is 0 Å². The number of aromatic hydroxyl groups is 1. The molecule has 1 aromatic carbocycles. The van der Waals surface area contributed by atoms with Crippen LogP contribution in [0, 0.1) is 0 Å². The van der Waals surface area contributed by atoms with Gasteiger partial charge in [-0.1, -0.05) is 0 Å². The number of amides is 1. The van der Waals surface area contributed by atoms with Crippen molar-refractivity contribution in [2.45, 2.75) is 19.4 Å². The molecule has 19 heavy (non-hydrogen) atoms. The molecule has 0 radical (unpaired) electrons. The van der Waals surface area contributed by atoms with Crippen molar-refractivity contribution in [3.63, 3.8) is 0 Å². The first-order valence-corrected chi connectivity index (χ1v) is 4.72. The van der Waals surface area contributed by atoms with Crippen molar-refractivity contribution in [3.05, 3.63) is 23.8 Å². The molecule has 0 spiro atoms. The van der Waals surface area contributed by atoms with Gasteiger partial charge in [-0.05, 0) is 18.2 Å². The second-order valence-electron chi connectivity index (χ2n) is 3.52. The van der Waals surface area contributed by atoms with Gasteiger partial charge in [0.25, 0.3) is 0 Å². The summed E-state index contributed by atoms with van der Waals surface area (Å²) in [6.45, 7) is 0.563. The smallest absolute Gasteiger partial charge is 0.491 e. The summed E-state index contributed by atoms with van der Waals surface area (Å²) < 4.78 is 75.0. The molecule has 1 amide bonds. The van der Waals surface area contributed by atoms with E-state index in [0.29, 0.717) is 19.1 Å². The summed E-state index contributed by atoms with van der Waals surface area (Å²) in [5.41, 5.74) is -2.68. The third-order valence-electron chi connectivity index (χ3n) is 2.11. The molecule has 0 fully saturated rings. The lowest BCUT2D eigenvalue weighted by molar-refractivity contribution is -0.149. The van der Waals surface area contributed by atoms with Crippen molar-refractivity contribution in [1.29, 1.82) is 0 Å². The zero-order chi connectivity index (χ0) is 15.0. The lowest BCUT2D eigenvalue weighted by Crippen LogP contribution is -2.41. The number of rotatable bonds is 1. The summed E-state index contributed by atoms with van der Waals surface area (Å²) >= 11 is 0. The van der Waals surface area contributed by atoms with E-state index in [1.165, 1.54) is 0 Å². The highest BCUT2D eigenvalue weighted by atomic mass is 19.4. The normalized spacial score (nSPS) is 12.4. The molecule has 0 aliphatic heterocycles. The number of carbonyl (C=O) groups is 1. The summed E-state index contributed by atoms with van der Waals surface area (Å²) in [6.07, 6.45) is -10.2. The fourth-order valence-electron chi connectivity index (χ4n) is 1.40. The third-order valence-corrected chi connectivity index (χ3v) is 2.11. The van der Waals surface area contributed by atoms with Gasteiger partial charge in [0.05, 0.1) is 11.3 Å². The van der Waals surface area contributed by atoms with E-state index in [1.54, 1.807) is 0 Å². The minimum absolute atomic E-state index is 0.0597. The Balaban J connectivity index is 3.39. The maximum atomic E-state index is 12.5. The average molecular weight is 287 g/mol. The number of halogens is 6. The number of hydrogen-bond donors (Lipinski definition) is 1. The van der Waals surface area contributed by atoms with Crippen LogP contribution in [0.15, 0.2) is 18.2 Å². The van der Waals surface area contributed by atoms with Gasteiger partial charge in [-0.15, -0.1) is 13.2 Å². The lowest BCUT2D eigenvalue weighted by atomic mass is 10.1. The van der Waals surface area contributed by atoms with Gasteiger partial charge in [-0.3, -0.25) is 4.79 Å². The van der Waals surface area contributed by atoms with E-state index in [-0.39, 0.29) is 6.07 Å². The minimum atomic E-state index is -5.16. The van der Waals surface area contributed by atoms with Crippen molar-refractivity contribution in [2.75, 3.05) is 4.90 Å². The number of alkyl halides is 6. The number of nitrogens with zero attached hydrogens (tertiary/aromatic N) is 1. The Kier molecular flexibility index (Phi) is 3.69. The molecular formula is C10H7F6NO2. The van der Waals surface area contributed by atoms with E-state index >= 15 is 0 Å². The Hall–Kier alpha value is -1.93. The van der Waals surface area contributed by atoms with Crippen LogP contribution >= 0.6 is 0 Å². The van der Waals surface area contributed by atoms with Crippen LogP contribution in [-0.2, 0) is 11.0 Å². The standard InChI is InChI=1S/C10H7F6NO2/c1-5(18)17(10(14,15)16)6-2-3-8(19)7(4-6)9(11,12)13/h2-4,19H,1H3. The highest BCUT2D eigenvalue weighted by Crippen LogP contribution is 2.39. The second kappa shape index (κ2) is 4.63. The predicted octanol–water partition coefficient (Wildman–Crippen LogP) is 3.28. The van der Waals surface area contributed by atoms with Crippen molar-refractivity contribution in [3.8, 4) is 5.75 Å². The van der Waals surface area contributed by atoms with Crippen LogP contribution in [0.3, 0.4) is 0 Å². The lowest BCUT2D eigenvalue weighted by Gasteiger charge is -2.24. The van der Waals surface area contributed by atoms with Crippen LogP contribution in [-0.4, -0.2) is 17.3 Å². The number of carbonyl (C=O) groups excluding carboxylic acids is 1. The van der Waals surface area contributed by atoms with E-state index in [2.05, 4.69) is 0 Å². The van der Waals surface area contributed by atoms with Gasteiger partial charge in [-0.2, -0.15) is 13.2 Å². The molecule has 0 aliphatic rings. The Morgan fingerprint density at radius 3 is 2.05 bits per heavy atom. The van der Waals surface area contributed by atoms with Crippen molar-refractivity contribution >= 4 is 11.6 Å². The number of benzene rings is 1. The molecular weight excluding hydrogens is 280 g/mol. The van der Waals surface area contributed by atoms with Crippen molar-refractivity contribution < 1.29 is 36.2 Å². The quantitative estimate of drug-likeness (QED) is 0.636. The molecule has 1 N–H and O–H groups in total. The number of phenolic OH excluding ortho intramolecular Hbond substituents is 1. The zero-order valence-electron chi connectivity index (χ0n) is 9.30. The molecule has 1 aromatic rings. The van der Waals surface area contributed by atoms with Crippen LogP contribution < -0.4 is 4.90 Å². The summed E-state index contributed by atoms with van der Waals surface area (Å²) in [5, 5.41) is 8.99. The van der Waals surface area contributed by atoms with E-state index < -0.39 is 40.3 Å². The monoisotopic (exact) mass is 287 g/mol. The molecule has 0 saturated carbocycles. The summed E-state index contributed by atoms with van der Waals surface area (Å²) in [6, 6.07) is 1.07. The number of phenols is 1. The predicted molar refractivity (Wildman–Crippen MR) is 52.3 cm³/mol. The Morgan fingerprint density at radius 2 is 1.68 bits per heavy atom. The Bertz CT molecular complexity index is 494. The Morgan fingerprint density at radius 1 is 1.16 bits per heavy atom. The third kappa shape index (κ3) is 3.30. The van der Waals surface area contributed by atoms with E-state index in [0.717, 1.165) is 0 Å². The average Bonchev–Trinajstić information content (AvgIpc) is 2.16. The summed E-state index contributed by atoms with van der Waals surface area (Å²) in [5.74, 6) is -2.71. The number of anilines is 1. The number of hydrogen-bond acceptors (Lipinski definition) is 2. The first-order chi connectivity index (χ1) is 8.44. The first kappa shape index (κ1) is 15.1. The fraction of sp³-hybridized carbons (Fsp3) is 0.300. The van der Waals surface area contributed by atoms with Gasteiger partial charge in [0.1, 0.15) is 5.75 Å². The second-order valence-corrected chi connectivity index (χ2v) is 3.52. The molecule has 1 rings (SSSR count). The van der Waals surface area contributed by atoms with Crippen LogP contribution in [0.4, 0.5) is 32.0 Å². The molecule has 0 aromatic heterocycles. The van der Waals surface area contributed by atoms with Gasteiger partial charge in [-0.25, -0.2) is 4.90 Å². The SMILES string of the molecule is CC(=O)N(c1ccc(O)c(C(F)(F)F)c1)C(F)(F)F. The maximum absolute atomic E-state index is 12.5. The van der Waals surface area contributed by atoms with Crippen molar-refractivity contribution in [2.24, 2.45) is 0 Å². The largest absolute Gasteiger partial charge is 0.507 e. The first-order valence-electron chi connectivity index (χ1n) is 4.72. The molecule has 0 bridgehead atoms. The molecule has 0 aliphatic carbocycles. The highest BCUT2D eigenvalue weighted by Gasteiger charge is 2.42. The molecule has 106 valence electrons. The van der Waals surface area contributed by atoms with Gasteiger partial charge in [0.15, 0.2) is 0 Å². The van der Waals surface area contributed by atoms with Crippen LogP contribution in [0.2, 0.25) is 0 Å².